The molecule has 0 atom stereocenters. The summed E-state index contributed by atoms with van der Waals surface area (Å²) in [6.45, 7) is 2.02. The van der Waals surface area contributed by atoms with E-state index >= 15 is 0 Å². The molecule has 138 valence electrons. The van der Waals surface area contributed by atoms with Gasteiger partial charge in [-0.15, -0.1) is 0 Å². The molecule has 6 heteroatoms. The minimum atomic E-state index is -0.263. The lowest BCUT2D eigenvalue weighted by atomic mass is 10.1. The molecule has 3 aromatic carbocycles. The molecule has 4 aromatic rings. The topological polar surface area (TPSA) is 67.2 Å². The second-order valence-corrected chi connectivity index (χ2v) is 6.70. The highest BCUT2D eigenvalue weighted by atomic mass is 32.1. The summed E-state index contributed by atoms with van der Waals surface area (Å²) in [6.07, 6.45) is 0. The summed E-state index contributed by atoms with van der Waals surface area (Å²) in [6, 6.07) is 22.3. The number of nitrogens with one attached hydrogen (secondary N) is 2. The van der Waals surface area contributed by atoms with Crippen LogP contribution in [-0.4, -0.2) is 16.0 Å². The van der Waals surface area contributed by atoms with E-state index in [4.69, 9.17) is 16.6 Å². The van der Waals surface area contributed by atoms with Crippen molar-refractivity contribution in [1.82, 2.24) is 10.3 Å². The first kappa shape index (κ1) is 17.9. The van der Waals surface area contributed by atoms with Crippen molar-refractivity contribution in [2.24, 2.45) is 0 Å². The standard InChI is InChI=1S/C22H17N3O2S/c1-14-7-5-6-10-17(14)21-24-18-12-11-16(13-19(18)27-21)23-22(28)25-20(26)15-8-3-2-4-9-15/h2-13H,1H3,(H2,23,25,26,28). The van der Waals surface area contributed by atoms with Crippen LogP contribution in [0.15, 0.2) is 77.2 Å². The first-order valence-electron chi connectivity index (χ1n) is 8.74. The normalized spacial score (nSPS) is 10.6. The number of amides is 1. The van der Waals surface area contributed by atoms with E-state index in [1.807, 2.05) is 55.5 Å². The fourth-order valence-corrected chi connectivity index (χ4v) is 3.07. The number of carbonyl (C=O) groups excluding carboxylic acids is 1. The van der Waals surface area contributed by atoms with E-state index in [-0.39, 0.29) is 11.0 Å². The lowest BCUT2D eigenvalue weighted by Crippen LogP contribution is -2.34. The maximum atomic E-state index is 12.2. The third-order valence-electron chi connectivity index (χ3n) is 4.28. The summed E-state index contributed by atoms with van der Waals surface area (Å²) in [5, 5.41) is 5.89. The molecule has 0 aliphatic heterocycles. The molecular formula is C22H17N3O2S. The van der Waals surface area contributed by atoms with E-state index in [2.05, 4.69) is 15.6 Å². The van der Waals surface area contributed by atoms with Crippen LogP contribution < -0.4 is 10.6 Å². The predicted molar refractivity (Wildman–Crippen MR) is 114 cm³/mol. The Morgan fingerprint density at radius 2 is 1.75 bits per heavy atom. The van der Waals surface area contributed by atoms with Crippen LogP contribution in [0.3, 0.4) is 0 Å². The van der Waals surface area contributed by atoms with E-state index in [0.717, 1.165) is 16.6 Å². The Kier molecular flexibility index (Phi) is 4.87. The van der Waals surface area contributed by atoms with Crippen LogP contribution in [0, 0.1) is 6.92 Å². The number of oxazole rings is 1. The van der Waals surface area contributed by atoms with Gasteiger partial charge in [-0.3, -0.25) is 10.1 Å². The van der Waals surface area contributed by atoms with Crippen LogP contribution in [0.25, 0.3) is 22.6 Å². The van der Waals surface area contributed by atoms with Crippen LogP contribution in [0.2, 0.25) is 0 Å². The third-order valence-corrected chi connectivity index (χ3v) is 4.49. The first-order valence-corrected chi connectivity index (χ1v) is 9.15. The zero-order chi connectivity index (χ0) is 19.5. The van der Waals surface area contributed by atoms with Gasteiger partial charge in [-0.05, 0) is 55.0 Å². The monoisotopic (exact) mass is 387 g/mol. The number of aryl methyl sites for hydroxylation is 1. The number of benzene rings is 3. The van der Waals surface area contributed by atoms with Gasteiger partial charge in [0.15, 0.2) is 10.7 Å². The Balaban J connectivity index is 1.51. The van der Waals surface area contributed by atoms with Gasteiger partial charge in [0.1, 0.15) is 5.52 Å². The third kappa shape index (κ3) is 3.77. The van der Waals surface area contributed by atoms with Gasteiger partial charge in [-0.25, -0.2) is 4.98 Å². The Bertz CT molecular complexity index is 1170. The number of hydrogen-bond acceptors (Lipinski definition) is 4. The number of thiocarbonyl (C=S) groups is 1. The van der Waals surface area contributed by atoms with Crippen molar-refractivity contribution < 1.29 is 9.21 Å². The highest BCUT2D eigenvalue weighted by Gasteiger charge is 2.12. The molecule has 0 bridgehead atoms. The lowest BCUT2D eigenvalue weighted by molar-refractivity contribution is 0.0977. The van der Waals surface area contributed by atoms with Gasteiger partial charge in [0.2, 0.25) is 5.89 Å². The lowest BCUT2D eigenvalue weighted by Gasteiger charge is -2.09. The summed E-state index contributed by atoms with van der Waals surface area (Å²) < 4.78 is 5.93. The van der Waals surface area contributed by atoms with Crippen molar-refractivity contribution in [2.75, 3.05) is 5.32 Å². The maximum absolute atomic E-state index is 12.2. The number of anilines is 1. The number of nitrogens with zero attached hydrogens (tertiary/aromatic N) is 1. The number of rotatable bonds is 3. The van der Waals surface area contributed by atoms with E-state index in [9.17, 15) is 4.79 Å². The largest absolute Gasteiger partial charge is 0.436 e. The van der Waals surface area contributed by atoms with Crippen molar-refractivity contribution in [3.63, 3.8) is 0 Å². The Morgan fingerprint density at radius 3 is 2.54 bits per heavy atom. The SMILES string of the molecule is Cc1ccccc1-c1nc2ccc(NC(=S)NC(=O)c3ccccc3)cc2o1. The summed E-state index contributed by atoms with van der Waals surface area (Å²) >= 11 is 5.24. The van der Waals surface area contributed by atoms with Gasteiger partial charge in [-0.1, -0.05) is 36.4 Å². The van der Waals surface area contributed by atoms with Crippen LogP contribution in [0.5, 0.6) is 0 Å². The molecule has 0 unspecified atom stereocenters. The second-order valence-electron chi connectivity index (χ2n) is 6.29. The minimum Gasteiger partial charge on any atom is -0.436 e. The molecular weight excluding hydrogens is 370 g/mol. The maximum Gasteiger partial charge on any atom is 0.257 e. The molecule has 28 heavy (non-hydrogen) atoms. The summed E-state index contributed by atoms with van der Waals surface area (Å²) in [7, 11) is 0. The van der Waals surface area contributed by atoms with Crippen molar-refractivity contribution in [3.8, 4) is 11.5 Å². The van der Waals surface area contributed by atoms with Crippen molar-refractivity contribution in [2.45, 2.75) is 6.92 Å². The van der Waals surface area contributed by atoms with Crippen LogP contribution in [0.4, 0.5) is 5.69 Å². The van der Waals surface area contributed by atoms with Gasteiger partial charge < -0.3 is 9.73 Å². The Labute approximate surface area is 167 Å². The summed E-state index contributed by atoms with van der Waals surface area (Å²) in [5.74, 6) is 0.311. The fourth-order valence-electron chi connectivity index (χ4n) is 2.86. The molecule has 1 amide bonds. The Hall–Kier alpha value is -3.51. The minimum absolute atomic E-state index is 0.215. The van der Waals surface area contributed by atoms with E-state index in [1.54, 1.807) is 24.3 Å². The molecule has 0 spiro atoms. The molecule has 1 heterocycles. The van der Waals surface area contributed by atoms with Gasteiger partial charge >= 0.3 is 0 Å². The van der Waals surface area contributed by atoms with Gasteiger partial charge in [0.05, 0.1) is 0 Å². The molecule has 0 fully saturated rings. The highest BCUT2D eigenvalue weighted by Crippen LogP contribution is 2.28. The van der Waals surface area contributed by atoms with Gasteiger partial charge in [0.25, 0.3) is 5.91 Å². The second kappa shape index (κ2) is 7.62. The zero-order valence-electron chi connectivity index (χ0n) is 15.1. The average Bonchev–Trinajstić information content (AvgIpc) is 3.12. The molecule has 0 aliphatic carbocycles. The Morgan fingerprint density at radius 1 is 1.00 bits per heavy atom. The summed E-state index contributed by atoms with van der Waals surface area (Å²) in [5.41, 5.74) is 4.69. The molecule has 1 aromatic heterocycles. The number of aromatic nitrogens is 1. The van der Waals surface area contributed by atoms with E-state index in [0.29, 0.717) is 22.7 Å². The number of hydrogen-bond donors (Lipinski definition) is 2. The molecule has 0 radical (unpaired) electrons. The fraction of sp³-hybridized carbons (Fsp3) is 0.0455. The average molecular weight is 387 g/mol. The first-order chi connectivity index (χ1) is 13.6. The molecule has 0 saturated heterocycles. The zero-order valence-corrected chi connectivity index (χ0v) is 15.9. The molecule has 0 saturated carbocycles. The molecule has 4 rings (SSSR count). The summed E-state index contributed by atoms with van der Waals surface area (Å²) in [4.78, 5) is 16.7. The highest BCUT2D eigenvalue weighted by molar-refractivity contribution is 7.80. The smallest absolute Gasteiger partial charge is 0.257 e. The van der Waals surface area contributed by atoms with Crippen LogP contribution in [0.1, 0.15) is 15.9 Å². The predicted octanol–water partition coefficient (Wildman–Crippen LogP) is 4.93. The van der Waals surface area contributed by atoms with E-state index in [1.165, 1.54) is 0 Å². The number of fused-ring (bicyclic) bond motifs is 1. The molecule has 0 aliphatic rings. The van der Waals surface area contributed by atoms with Crippen molar-refractivity contribution in [1.29, 1.82) is 0 Å². The van der Waals surface area contributed by atoms with Crippen LogP contribution in [-0.2, 0) is 0 Å². The van der Waals surface area contributed by atoms with E-state index < -0.39 is 0 Å². The van der Waals surface area contributed by atoms with Gasteiger partial charge in [-0.2, -0.15) is 0 Å². The van der Waals surface area contributed by atoms with Crippen molar-refractivity contribution in [3.05, 3.63) is 83.9 Å². The molecule has 2 N–H and O–H groups in total. The van der Waals surface area contributed by atoms with Gasteiger partial charge in [0, 0.05) is 22.9 Å². The van der Waals surface area contributed by atoms with Crippen LogP contribution >= 0.6 is 12.2 Å². The van der Waals surface area contributed by atoms with Crippen molar-refractivity contribution >= 4 is 40.0 Å². The number of carbonyl (C=O) groups is 1. The quantitative estimate of drug-likeness (QED) is 0.488. The molecule has 5 nitrogen and oxygen atoms in total.